The van der Waals surface area contributed by atoms with Crippen LogP contribution in [0.15, 0.2) is 0 Å². The lowest BCUT2D eigenvalue weighted by Crippen LogP contribution is -2.49. The number of nitrogens with zero attached hydrogens (tertiary/aromatic N) is 1. The zero-order chi connectivity index (χ0) is 14.0. The number of ether oxygens (including phenoxy) is 1. The third-order valence-corrected chi connectivity index (χ3v) is 4.73. The topological polar surface area (TPSA) is 41.6 Å². The molecular weight excluding hydrogens is 240 g/mol. The molecule has 1 spiro atoms. The Bertz CT molecular complexity index is 324. The van der Waals surface area contributed by atoms with E-state index in [1.807, 2.05) is 0 Å². The first-order valence-corrected chi connectivity index (χ1v) is 7.65. The minimum absolute atomic E-state index is 0.174. The first kappa shape index (κ1) is 14.8. The minimum atomic E-state index is -0.262. The molecule has 1 aliphatic carbocycles. The zero-order valence-electron chi connectivity index (χ0n) is 12.7. The molecule has 4 heteroatoms. The number of hydrogen-bond acceptors (Lipinski definition) is 3. The average Bonchev–Trinajstić information content (AvgIpc) is 2.95. The third-order valence-electron chi connectivity index (χ3n) is 4.73. The first-order valence-electron chi connectivity index (χ1n) is 7.65. The number of carbonyl (C=O) groups excluding carboxylic acids is 1. The molecule has 2 rings (SSSR count). The molecule has 2 aliphatic rings. The van der Waals surface area contributed by atoms with Crippen molar-refractivity contribution in [3.05, 3.63) is 0 Å². The van der Waals surface area contributed by atoms with Crippen LogP contribution >= 0.6 is 0 Å². The van der Waals surface area contributed by atoms with Gasteiger partial charge in [0, 0.05) is 7.11 Å². The zero-order valence-corrected chi connectivity index (χ0v) is 12.7. The fourth-order valence-electron chi connectivity index (χ4n) is 3.62. The summed E-state index contributed by atoms with van der Waals surface area (Å²) in [6.07, 6.45) is 5.46. The van der Waals surface area contributed by atoms with E-state index in [0.717, 1.165) is 19.3 Å². The second-order valence-electron chi connectivity index (χ2n) is 6.34. The summed E-state index contributed by atoms with van der Waals surface area (Å²) in [6.45, 7) is 7.11. The van der Waals surface area contributed by atoms with Crippen molar-refractivity contribution in [1.82, 2.24) is 10.2 Å². The predicted octanol–water partition coefficient (Wildman–Crippen LogP) is 2.14. The van der Waals surface area contributed by atoms with Gasteiger partial charge < -0.3 is 9.64 Å². The highest BCUT2D eigenvalue weighted by atomic mass is 16.5. The van der Waals surface area contributed by atoms with Crippen LogP contribution in [0, 0.1) is 5.92 Å². The Labute approximate surface area is 116 Å². The number of amides is 1. The van der Waals surface area contributed by atoms with E-state index >= 15 is 0 Å². The van der Waals surface area contributed by atoms with Crippen molar-refractivity contribution in [3.63, 3.8) is 0 Å². The van der Waals surface area contributed by atoms with Crippen molar-refractivity contribution >= 4 is 5.91 Å². The second-order valence-corrected chi connectivity index (χ2v) is 6.34. The van der Waals surface area contributed by atoms with E-state index in [1.165, 1.54) is 12.8 Å². The summed E-state index contributed by atoms with van der Waals surface area (Å²) in [6, 6.07) is 0.176. The molecule has 4 nitrogen and oxygen atoms in total. The SMILES string of the molecule is CCC1NC2(CCCC2)C(=O)N1C(COC)C(C)C. The van der Waals surface area contributed by atoms with Crippen LogP contribution in [0.4, 0.5) is 0 Å². The highest BCUT2D eigenvalue weighted by Crippen LogP contribution is 2.38. The lowest BCUT2D eigenvalue weighted by molar-refractivity contribution is -0.137. The molecule has 0 radical (unpaired) electrons. The second kappa shape index (κ2) is 5.80. The van der Waals surface area contributed by atoms with Crippen LogP contribution in [-0.4, -0.2) is 42.3 Å². The molecule has 1 N–H and O–H groups in total. The van der Waals surface area contributed by atoms with Crippen molar-refractivity contribution < 1.29 is 9.53 Å². The van der Waals surface area contributed by atoms with Gasteiger partial charge in [-0.05, 0) is 25.2 Å². The van der Waals surface area contributed by atoms with Crippen LogP contribution in [0.25, 0.3) is 0 Å². The molecule has 110 valence electrons. The van der Waals surface area contributed by atoms with Crippen molar-refractivity contribution in [1.29, 1.82) is 0 Å². The van der Waals surface area contributed by atoms with E-state index in [1.54, 1.807) is 7.11 Å². The molecule has 19 heavy (non-hydrogen) atoms. The highest BCUT2D eigenvalue weighted by Gasteiger charge is 2.53. The van der Waals surface area contributed by atoms with Crippen LogP contribution in [0.1, 0.15) is 52.9 Å². The summed E-state index contributed by atoms with van der Waals surface area (Å²) in [5.41, 5.74) is -0.262. The maximum atomic E-state index is 12.9. The Kier molecular flexibility index (Phi) is 4.51. The number of rotatable bonds is 5. The van der Waals surface area contributed by atoms with Gasteiger partial charge in [0.05, 0.1) is 24.4 Å². The molecule has 0 aromatic rings. The molecule has 1 saturated heterocycles. The normalized spacial score (nSPS) is 27.7. The van der Waals surface area contributed by atoms with Gasteiger partial charge in [0.15, 0.2) is 0 Å². The Morgan fingerprint density at radius 3 is 2.53 bits per heavy atom. The molecule has 2 atom stereocenters. The standard InChI is InChI=1S/C15H28N2O2/c1-5-13-16-15(8-6-7-9-15)14(18)17(13)12(10-19-4)11(2)3/h11-13,16H,5-10H2,1-4H3. The largest absolute Gasteiger partial charge is 0.383 e. The van der Waals surface area contributed by atoms with Crippen molar-refractivity contribution in [2.45, 2.75) is 70.6 Å². The number of nitrogens with one attached hydrogen (secondary N) is 1. The molecule has 2 unspecified atom stereocenters. The lowest BCUT2D eigenvalue weighted by atomic mass is 9.96. The Morgan fingerprint density at radius 1 is 1.42 bits per heavy atom. The molecule has 0 aromatic heterocycles. The van der Waals surface area contributed by atoms with E-state index in [4.69, 9.17) is 4.74 Å². The molecule has 1 saturated carbocycles. The quantitative estimate of drug-likeness (QED) is 0.830. The van der Waals surface area contributed by atoms with E-state index in [0.29, 0.717) is 18.4 Å². The van der Waals surface area contributed by atoms with E-state index < -0.39 is 0 Å². The molecule has 2 fully saturated rings. The summed E-state index contributed by atoms with van der Waals surface area (Å²) >= 11 is 0. The maximum Gasteiger partial charge on any atom is 0.244 e. The molecular formula is C15H28N2O2. The van der Waals surface area contributed by atoms with Gasteiger partial charge in [-0.15, -0.1) is 0 Å². The summed E-state index contributed by atoms with van der Waals surface area (Å²) in [5, 5.41) is 3.63. The van der Waals surface area contributed by atoms with Gasteiger partial charge in [-0.25, -0.2) is 0 Å². The van der Waals surface area contributed by atoms with Crippen molar-refractivity contribution in [2.24, 2.45) is 5.92 Å². The van der Waals surface area contributed by atoms with Gasteiger partial charge >= 0.3 is 0 Å². The molecule has 0 bridgehead atoms. The van der Waals surface area contributed by atoms with Crippen LogP contribution in [0.5, 0.6) is 0 Å². The van der Waals surface area contributed by atoms with Gasteiger partial charge in [-0.2, -0.15) is 0 Å². The lowest BCUT2D eigenvalue weighted by Gasteiger charge is -2.34. The summed E-state index contributed by atoms with van der Waals surface area (Å²) in [7, 11) is 1.72. The minimum Gasteiger partial charge on any atom is -0.383 e. The van der Waals surface area contributed by atoms with Gasteiger partial charge in [0.2, 0.25) is 5.91 Å². The molecule has 1 heterocycles. The molecule has 1 amide bonds. The number of methoxy groups -OCH3 is 1. The Morgan fingerprint density at radius 2 is 2.05 bits per heavy atom. The smallest absolute Gasteiger partial charge is 0.244 e. The van der Waals surface area contributed by atoms with Gasteiger partial charge in [0.25, 0.3) is 0 Å². The molecule has 1 aliphatic heterocycles. The van der Waals surface area contributed by atoms with E-state index in [9.17, 15) is 4.79 Å². The summed E-state index contributed by atoms with van der Waals surface area (Å²) < 4.78 is 5.35. The van der Waals surface area contributed by atoms with Gasteiger partial charge in [-0.1, -0.05) is 33.6 Å². The molecule has 0 aromatic carbocycles. The fourth-order valence-corrected chi connectivity index (χ4v) is 3.62. The van der Waals surface area contributed by atoms with Gasteiger partial charge in [-0.3, -0.25) is 10.1 Å². The van der Waals surface area contributed by atoms with E-state index in [2.05, 4.69) is 31.0 Å². The Balaban J connectivity index is 2.23. The number of carbonyl (C=O) groups is 1. The van der Waals surface area contributed by atoms with Crippen molar-refractivity contribution in [3.8, 4) is 0 Å². The van der Waals surface area contributed by atoms with Crippen LogP contribution in [0.3, 0.4) is 0 Å². The summed E-state index contributed by atoms with van der Waals surface area (Å²) in [5.74, 6) is 0.726. The highest BCUT2D eigenvalue weighted by molar-refractivity contribution is 5.89. The van der Waals surface area contributed by atoms with Crippen LogP contribution in [0.2, 0.25) is 0 Å². The fraction of sp³-hybridized carbons (Fsp3) is 0.933. The monoisotopic (exact) mass is 268 g/mol. The van der Waals surface area contributed by atoms with Crippen LogP contribution in [-0.2, 0) is 9.53 Å². The third kappa shape index (κ3) is 2.52. The van der Waals surface area contributed by atoms with Gasteiger partial charge in [0.1, 0.15) is 0 Å². The van der Waals surface area contributed by atoms with E-state index in [-0.39, 0.29) is 17.7 Å². The van der Waals surface area contributed by atoms with Crippen LogP contribution < -0.4 is 5.32 Å². The predicted molar refractivity (Wildman–Crippen MR) is 75.8 cm³/mol. The maximum absolute atomic E-state index is 12.9. The average molecular weight is 268 g/mol. The Hall–Kier alpha value is -0.610. The summed E-state index contributed by atoms with van der Waals surface area (Å²) in [4.78, 5) is 15.0. The first-order chi connectivity index (χ1) is 9.05. The number of hydrogen-bond donors (Lipinski definition) is 1. The van der Waals surface area contributed by atoms with Crippen molar-refractivity contribution in [2.75, 3.05) is 13.7 Å².